The second-order valence-corrected chi connectivity index (χ2v) is 7.95. The lowest BCUT2D eigenvalue weighted by Crippen LogP contribution is -2.51. The minimum Gasteiger partial charge on any atom is -0.334 e. The van der Waals surface area contributed by atoms with Crippen molar-refractivity contribution in [2.45, 2.75) is 31.8 Å². The van der Waals surface area contributed by atoms with Gasteiger partial charge >= 0.3 is 6.03 Å². The largest absolute Gasteiger partial charge is 0.334 e. The Morgan fingerprint density at radius 3 is 2.93 bits per heavy atom. The maximum absolute atomic E-state index is 12.8. The first kappa shape index (κ1) is 21.4. The van der Waals surface area contributed by atoms with Crippen LogP contribution in [0, 0.1) is 11.3 Å². The smallest absolute Gasteiger partial charge is 0.322 e. The second kappa shape index (κ2) is 9.49. The third-order valence-corrected chi connectivity index (χ3v) is 5.71. The van der Waals surface area contributed by atoms with Gasteiger partial charge in [-0.3, -0.25) is 9.80 Å². The number of benzene rings is 2. The number of urea groups is 1. The first-order chi connectivity index (χ1) is 13.6. The summed E-state index contributed by atoms with van der Waals surface area (Å²) in [4.78, 5) is 17.0. The number of amides is 2. The van der Waals surface area contributed by atoms with Crippen molar-refractivity contribution in [3.8, 4) is 6.07 Å². The van der Waals surface area contributed by atoms with E-state index in [1.54, 1.807) is 0 Å². The molecule has 2 heterocycles. The van der Waals surface area contributed by atoms with E-state index in [1.807, 2.05) is 41.3 Å². The molecule has 0 bridgehead atoms. The third-order valence-electron chi connectivity index (χ3n) is 5.48. The Kier molecular flexibility index (Phi) is 7.02. The Balaban J connectivity index is 0.00000240. The van der Waals surface area contributed by atoms with Crippen molar-refractivity contribution in [2.24, 2.45) is 0 Å². The number of rotatable bonds is 3. The van der Waals surface area contributed by atoms with Gasteiger partial charge in [-0.25, -0.2) is 4.79 Å². The monoisotopic (exact) mass is 430 g/mol. The number of fused-ring (bicyclic) bond motifs is 1. The van der Waals surface area contributed by atoms with Crippen LogP contribution in [0.3, 0.4) is 0 Å². The second-order valence-electron chi connectivity index (χ2n) is 7.51. The summed E-state index contributed by atoms with van der Waals surface area (Å²) < 4.78 is 0. The van der Waals surface area contributed by atoms with Gasteiger partial charge in [0.25, 0.3) is 0 Å². The van der Waals surface area contributed by atoms with Gasteiger partial charge in [-0.15, -0.1) is 12.4 Å². The summed E-state index contributed by atoms with van der Waals surface area (Å²) in [7, 11) is 0. The van der Waals surface area contributed by atoms with Crippen LogP contribution in [0.1, 0.15) is 29.5 Å². The van der Waals surface area contributed by atoms with Gasteiger partial charge in [0.15, 0.2) is 0 Å². The topological polar surface area (TPSA) is 59.4 Å². The molecule has 1 N–H and O–H groups in total. The number of hydrogen-bond acceptors (Lipinski definition) is 3. The highest BCUT2D eigenvalue weighted by Gasteiger charge is 2.28. The van der Waals surface area contributed by atoms with Crippen molar-refractivity contribution in [1.82, 2.24) is 10.2 Å². The minimum absolute atomic E-state index is 0. The molecule has 4 rings (SSSR count). The Bertz CT molecular complexity index is 927. The molecule has 1 fully saturated rings. The molecule has 5 nitrogen and oxygen atoms in total. The van der Waals surface area contributed by atoms with Crippen LogP contribution in [0.15, 0.2) is 42.5 Å². The zero-order valence-corrected chi connectivity index (χ0v) is 17.7. The van der Waals surface area contributed by atoms with Crippen molar-refractivity contribution in [3.05, 3.63) is 64.2 Å². The fourth-order valence-electron chi connectivity index (χ4n) is 4.15. The van der Waals surface area contributed by atoms with E-state index in [1.165, 1.54) is 0 Å². The number of piperidine rings is 1. The average molecular weight is 431 g/mol. The Morgan fingerprint density at radius 2 is 2.10 bits per heavy atom. The third kappa shape index (κ3) is 5.02. The molecule has 7 heteroatoms. The van der Waals surface area contributed by atoms with Crippen LogP contribution >= 0.6 is 24.0 Å². The molecular formula is C22H24Cl2N4O. The maximum Gasteiger partial charge on any atom is 0.322 e. The highest BCUT2D eigenvalue weighted by Crippen LogP contribution is 2.30. The van der Waals surface area contributed by atoms with Crippen LogP contribution in [0.25, 0.3) is 0 Å². The standard InChI is InChI=1S/C22H23ClN4O.ClH/c23-19-6-7-21-18(12-19)8-10-27(21)22(28)25-20-5-2-9-26(15-20)14-17-4-1-3-16(11-17)13-24;/h1,3-4,6-7,11-12,20H,2,5,8-10,14-15H2,(H,25,28);1H. The van der Waals surface area contributed by atoms with Crippen molar-refractivity contribution in [1.29, 1.82) is 5.26 Å². The zero-order chi connectivity index (χ0) is 19.5. The van der Waals surface area contributed by atoms with E-state index in [4.69, 9.17) is 16.9 Å². The summed E-state index contributed by atoms with van der Waals surface area (Å²) in [5, 5.41) is 13.0. The van der Waals surface area contributed by atoms with Crippen molar-refractivity contribution in [3.63, 3.8) is 0 Å². The average Bonchev–Trinajstić information content (AvgIpc) is 3.11. The Labute approximate surface area is 182 Å². The molecule has 2 aromatic rings. The van der Waals surface area contributed by atoms with Crippen LogP contribution < -0.4 is 10.2 Å². The molecule has 1 atom stereocenters. The number of carbonyl (C=O) groups is 1. The van der Waals surface area contributed by atoms with Crippen molar-refractivity contribution >= 4 is 35.7 Å². The summed E-state index contributed by atoms with van der Waals surface area (Å²) in [5.74, 6) is 0. The van der Waals surface area contributed by atoms with E-state index in [2.05, 4.69) is 22.4 Å². The molecule has 1 saturated heterocycles. The molecule has 2 aliphatic heterocycles. The summed E-state index contributed by atoms with van der Waals surface area (Å²) in [6.45, 7) is 3.32. The quantitative estimate of drug-likeness (QED) is 0.785. The van der Waals surface area contributed by atoms with E-state index in [0.717, 1.165) is 55.7 Å². The van der Waals surface area contributed by atoms with Crippen LogP contribution in [0.4, 0.5) is 10.5 Å². The normalized spacial score (nSPS) is 18.5. The minimum atomic E-state index is -0.0283. The lowest BCUT2D eigenvalue weighted by Gasteiger charge is -2.34. The van der Waals surface area contributed by atoms with Gasteiger partial charge in [-0.2, -0.15) is 5.26 Å². The summed E-state index contributed by atoms with van der Waals surface area (Å²) in [5.41, 5.74) is 3.91. The lowest BCUT2D eigenvalue weighted by molar-refractivity contribution is 0.182. The zero-order valence-electron chi connectivity index (χ0n) is 16.1. The Hall–Kier alpha value is -2.26. The van der Waals surface area contributed by atoms with Crippen molar-refractivity contribution < 1.29 is 4.79 Å². The van der Waals surface area contributed by atoms with Gasteiger partial charge in [0.2, 0.25) is 0 Å². The molecule has 0 spiro atoms. The predicted octanol–water partition coefficient (Wildman–Crippen LogP) is 4.37. The Morgan fingerprint density at radius 1 is 1.24 bits per heavy atom. The molecule has 152 valence electrons. The van der Waals surface area contributed by atoms with E-state index in [-0.39, 0.29) is 24.5 Å². The molecule has 0 saturated carbocycles. The van der Waals surface area contributed by atoms with E-state index < -0.39 is 0 Å². The van der Waals surface area contributed by atoms with E-state index in [0.29, 0.717) is 17.1 Å². The molecule has 0 aliphatic carbocycles. The first-order valence-electron chi connectivity index (χ1n) is 9.70. The highest BCUT2D eigenvalue weighted by atomic mass is 35.5. The van der Waals surface area contributed by atoms with Gasteiger partial charge < -0.3 is 5.32 Å². The molecule has 2 aliphatic rings. The van der Waals surface area contributed by atoms with E-state index >= 15 is 0 Å². The molecule has 0 radical (unpaired) electrons. The summed E-state index contributed by atoms with van der Waals surface area (Å²) >= 11 is 6.07. The number of nitrogens with zero attached hydrogens (tertiary/aromatic N) is 3. The number of likely N-dealkylation sites (tertiary alicyclic amines) is 1. The fraction of sp³-hybridized carbons (Fsp3) is 0.364. The molecule has 2 aromatic carbocycles. The van der Waals surface area contributed by atoms with Gasteiger partial charge in [-0.1, -0.05) is 23.7 Å². The summed E-state index contributed by atoms with van der Waals surface area (Å²) in [6.07, 6.45) is 2.88. The first-order valence-corrected chi connectivity index (χ1v) is 10.1. The van der Waals surface area contributed by atoms with Crippen molar-refractivity contribution in [2.75, 3.05) is 24.5 Å². The number of nitriles is 1. The molecule has 1 unspecified atom stereocenters. The van der Waals surface area contributed by atoms with Gasteiger partial charge in [0.1, 0.15) is 0 Å². The number of carbonyl (C=O) groups excluding carboxylic acids is 1. The van der Waals surface area contributed by atoms with Gasteiger partial charge in [0.05, 0.1) is 11.6 Å². The van der Waals surface area contributed by atoms with Crippen LogP contribution in [-0.2, 0) is 13.0 Å². The molecule has 0 aromatic heterocycles. The van der Waals surface area contributed by atoms with Crippen LogP contribution in [0.5, 0.6) is 0 Å². The molecule has 29 heavy (non-hydrogen) atoms. The van der Waals surface area contributed by atoms with Crippen LogP contribution in [-0.4, -0.2) is 36.6 Å². The van der Waals surface area contributed by atoms with Crippen LogP contribution in [0.2, 0.25) is 5.02 Å². The SMILES string of the molecule is Cl.N#Cc1cccc(CN2CCCC(NC(=O)N3CCc4cc(Cl)ccc43)C2)c1. The van der Waals surface area contributed by atoms with Gasteiger partial charge in [-0.05, 0) is 67.3 Å². The fourth-order valence-corrected chi connectivity index (χ4v) is 4.34. The highest BCUT2D eigenvalue weighted by molar-refractivity contribution is 6.30. The van der Waals surface area contributed by atoms with Gasteiger partial charge in [0, 0.05) is 36.4 Å². The number of anilines is 1. The van der Waals surface area contributed by atoms with E-state index in [9.17, 15) is 4.79 Å². The molecule has 2 amide bonds. The maximum atomic E-state index is 12.8. The molecular weight excluding hydrogens is 407 g/mol. The summed E-state index contributed by atoms with van der Waals surface area (Å²) in [6, 6.07) is 15.8. The lowest BCUT2D eigenvalue weighted by atomic mass is 10.0. The number of halogens is 2. The number of hydrogen-bond donors (Lipinski definition) is 1. The predicted molar refractivity (Wildman–Crippen MR) is 118 cm³/mol. The number of nitrogens with one attached hydrogen (secondary N) is 1.